The highest BCUT2D eigenvalue weighted by atomic mass is 127. The van der Waals surface area contributed by atoms with Gasteiger partial charge in [0.05, 0.1) is 5.56 Å². The summed E-state index contributed by atoms with van der Waals surface area (Å²) in [5.41, 5.74) is 0.814. The van der Waals surface area contributed by atoms with Gasteiger partial charge in [0.25, 0.3) is 5.91 Å². The Morgan fingerprint density at radius 2 is 2.12 bits per heavy atom. The summed E-state index contributed by atoms with van der Waals surface area (Å²) in [6.07, 6.45) is 0. The average molecular weight is 344 g/mol. The summed E-state index contributed by atoms with van der Waals surface area (Å²) in [5, 5.41) is 3.39. The van der Waals surface area contributed by atoms with Crippen LogP contribution in [0.3, 0.4) is 0 Å². The van der Waals surface area contributed by atoms with Gasteiger partial charge in [-0.2, -0.15) is 0 Å². The average Bonchev–Trinajstić information content (AvgIpc) is 2.32. The van der Waals surface area contributed by atoms with Crippen molar-refractivity contribution in [1.82, 2.24) is 10.2 Å². The van der Waals surface area contributed by atoms with Gasteiger partial charge in [0.15, 0.2) is 0 Å². The van der Waals surface area contributed by atoms with E-state index in [0.717, 1.165) is 22.2 Å². The third kappa shape index (κ3) is 2.63. The van der Waals surface area contributed by atoms with E-state index < -0.39 is 0 Å². The number of nitrogens with one attached hydrogen (secondary N) is 1. The summed E-state index contributed by atoms with van der Waals surface area (Å²) >= 11 is 2.22. The molecule has 1 saturated heterocycles. The molecule has 1 aliphatic heterocycles. The summed E-state index contributed by atoms with van der Waals surface area (Å²) in [6, 6.07) is 8.36. The number of hydrogen-bond donors (Lipinski definition) is 1. The molecule has 1 aliphatic rings. The highest BCUT2D eigenvalue weighted by Gasteiger charge is 2.29. The lowest BCUT2D eigenvalue weighted by Crippen LogP contribution is -2.57. The van der Waals surface area contributed by atoms with Crippen LogP contribution < -0.4 is 5.32 Å². The Balaban J connectivity index is 2.23. The zero-order chi connectivity index (χ0) is 12.4. The predicted molar refractivity (Wildman–Crippen MR) is 77.1 cm³/mol. The van der Waals surface area contributed by atoms with Crippen LogP contribution in [-0.4, -0.2) is 36.0 Å². The molecule has 1 aromatic carbocycles. The van der Waals surface area contributed by atoms with Crippen molar-refractivity contribution in [3.8, 4) is 0 Å². The molecule has 0 saturated carbocycles. The molecule has 1 heterocycles. The summed E-state index contributed by atoms with van der Waals surface area (Å²) in [7, 11) is 0. The number of halogens is 1. The lowest BCUT2D eigenvalue weighted by atomic mass is 10.1. The normalized spacial score (nSPS) is 24.8. The molecule has 1 N–H and O–H groups in total. The van der Waals surface area contributed by atoms with Crippen molar-refractivity contribution in [1.29, 1.82) is 0 Å². The smallest absolute Gasteiger partial charge is 0.255 e. The molecule has 2 rings (SSSR count). The van der Waals surface area contributed by atoms with Crippen LogP contribution in [0.1, 0.15) is 24.2 Å². The van der Waals surface area contributed by atoms with E-state index in [1.54, 1.807) is 0 Å². The van der Waals surface area contributed by atoms with Gasteiger partial charge in [0, 0.05) is 28.7 Å². The summed E-state index contributed by atoms with van der Waals surface area (Å²) < 4.78 is 1.02. The van der Waals surface area contributed by atoms with E-state index in [4.69, 9.17) is 0 Å². The van der Waals surface area contributed by atoms with Crippen molar-refractivity contribution < 1.29 is 4.79 Å². The molecule has 1 amide bonds. The summed E-state index contributed by atoms with van der Waals surface area (Å²) in [6.45, 7) is 5.89. The first kappa shape index (κ1) is 12.8. The summed E-state index contributed by atoms with van der Waals surface area (Å²) in [4.78, 5) is 14.4. The van der Waals surface area contributed by atoms with Gasteiger partial charge in [0.1, 0.15) is 0 Å². The Bertz CT molecular complexity index is 422. The molecule has 1 aromatic rings. The second-order valence-electron chi connectivity index (χ2n) is 4.46. The van der Waals surface area contributed by atoms with Crippen LogP contribution in [0.2, 0.25) is 0 Å². The minimum absolute atomic E-state index is 0.149. The van der Waals surface area contributed by atoms with E-state index in [0.29, 0.717) is 6.04 Å². The maximum Gasteiger partial charge on any atom is 0.255 e. The molecule has 2 unspecified atom stereocenters. The largest absolute Gasteiger partial charge is 0.333 e. The van der Waals surface area contributed by atoms with Crippen LogP contribution in [0.15, 0.2) is 24.3 Å². The second-order valence-corrected chi connectivity index (χ2v) is 5.62. The topological polar surface area (TPSA) is 32.3 Å². The van der Waals surface area contributed by atoms with Crippen molar-refractivity contribution in [2.75, 3.05) is 13.1 Å². The molecule has 0 aliphatic carbocycles. The van der Waals surface area contributed by atoms with Gasteiger partial charge in [-0.25, -0.2) is 0 Å². The second kappa shape index (κ2) is 5.35. The molecule has 0 spiro atoms. The van der Waals surface area contributed by atoms with E-state index in [-0.39, 0.29) is 11.9 Å². The number of amides is 1. The highest BCUT2D eigenvalue weighted by molar-refractivity contribution is 14.1. The van der Waals surface area contributed by atoms with E-state index >= 15 is 0 Å². The fraction of sp³-hybridized carbons (Fsp3) is 0.462. The zero-order valence-electron chi connectivity index (χ0n) is 10.1. The van der Waals surface area contributed by atoms with Crippen LogP contribution in [0.5, 0.6) is 0 Å². The maximum absolute atomic E-state index is 12.5. The molecule has 0 bridgehead atoms. The number of rotatable bonds is 1. The van der Waals surface area contributed by atoms with Crippen LogP contribution in [0, 0.1) is 3.57 Å². The van der Waals surface area contributed by atoms with E-state index in [1.165, 1.54) is 0 Å². The number of nitrogens with zero attached hydrogens (tertiary/aromatic N) is 1. The molecular formula is C13H17IN2O. The Morgan fingerprint density at radius 3 is 2.82 bits per heavy atom. The number of benzene rings is 1. The Morgan fingerprint density at radius 1 is 1.41 bits per heavy atom. The summed E-state index contributed by atoms with van der Waals surface area (Å²) in [5.74, 6) is 0.149. The van der Waals surface area contributed by atoms with Crippen molar-refractivity contribution in [2.45, 2.75) is 25.9 Å². The molecule has 1 fully saturated rings. The fourth-order valence-corrected chi connectivity index (χ4v) is 2.75. The lowest BCUT2D eigenvalue weighted by molar-refractivity contribution is 0.0602. The lowest BCUT2D eigenvalue weighted by Gasteiger charge is -2.38. The minimum atomic E-state index is 0.149. The molecule has 2 atom stereocenters. The zero-order valence-corrected chi connectivity index (χ0v) is 12.3. The van der Waals surface area contributed by atoms with Gasteiger partial charge in [0.2, 0.25) is 0 Å². The third-order valence-electron chi connectivity index (χ3n) is 3.40. The SMILES string of the molecule is CC1NCCN(C(=O)c2ccccc2I)C1C. The Kier molecular flexibility index (Phi) is 4.04. The van der Waals surface area contributed by atoms with E-state index in [9.17, 15) is 4.79 Å². The first-order valence-electron chi connectivity index (χ1n) is 5.90. The van der Waals surface area contributed by atoms with Crippen molar-refractivity contribution in [3.05, 3.63) is 33.4 Å². The molecule has 17 heavy (non-hydrogen) atoms. The van der Waals surface area contributed by atoms with Gasteiger partial charge in [-0.1, -0.05) is 12.1 Å². The maximum atomic E-state index is 12.5. The van der Waals surface area contributed by atoms with Gasteiger partial charge in [-0.15, -0.1) is 0 Å². The standard InChI is InChI=1S/C13H17IN2O/c1-9-10(2)16(8-7-15-9)13(17)11-5-3-4-6-12(11)14/h3-6,9-10,15H,7-8H2,1-2H3. The Labute approximate surface area is 116 Å². The molecule has 0 radical (unpaired) electrons. The van der Waals surface area contributed by atoms with Gasteiger partial charge >= 0.3 is 0 Å². The third-order valence-corrected chi connectivity index (χ3v) is 4.34. The molecule has 4 heteroatoms. The van der Waals surface area contributed by atoms with Crippen molar-refractivity contribution in [2.24, 2.45) is 0 Å². The highest BCUT2D eigenvalue weighted by Crippen LogP contribution is 2.18. The van der Waals surface area contributed by atoms with Gasteiger partial charge in [-0.3, -0.25) is 4.79 Å². The quantitative estimate of drug-likeness (QED) is 0.792. The van der Waals surface area contributed by atoms with Crippen LogP contribution in [0.4, 0.5) is 0 Å². The van der Waals surface area contributed by atoms with E-state index in [2.05, 4.69) is 41.8 Å². The fourth-order valence-electron chi connectivity index (χ4n) is 2.13. The number of hydrogen-bond acceptors (Lipinski definition) is 2. The van der Waals surface area contributed by atoms with Crippen molar-refractivity contribution in [3.63, 3.8) is 0 Å². The van der Waals surface area contributed by atoms with Crippen LogP contribution >= 0.6 is 22.6 Å². The molecular weight excluding hydrogens is 327 g/mol. The molecule has 0 aromatic heterocycles. The number of carbonyl (C=O) groups is 1. The van der Waals surface area contributed by atoms with Crippen LogP contribution in [0.25, 0.3) is 0 Å². The number of piperazine rings is 1. The number of carbonyl (C=O) groups excluding carboxylic acids is 1. The van der Waals surface area contributed by atoms with E-state index in [1.807, 2.05) is 29.2 Å². The van der Waals surface area contributed by atoms with Crippen molar-refractivity contribution >= 4 is 28.5 Å². The first-order chi connectivity index (χ1) is 8.11. The minimum Gasteiger partial charge on any atom is -0.333 e. The van der Waals surface area contributed by atoms with Gasteiger partial charge in [-0.05, 0) is 48.6 Å². The molecule has 92 valence electrons. The van der Waals surface area contributed by atoms with Gasteiger partial charge < -0.3 is 10.2 Å². The first-order valence-corrected chi connectivity index (χ1v) is 6.98. The van der Waals surface area contributed by atoms with Crippen LogP contribution in [-0.2, 0) is 0 Å². The predicted octanol–water partition coefficient (Wildman–Crippen LogP) is 2.11. The molecule has 3 nitrogen and oxygen atoms in total. The monoisotopic (exact) mass is 344 g/mol. The Hall–Kier alpha value is -0.620.